The SMILES string of the molecule is CCc1ccc(C(CN(C)C2CCC2)NC)cc1. The van der Waals surface area contributed by atoms with E-state index in [4.69, 9.17) is 0 Å². The summed E-state index contributed by atoms with van der Waals surface area (Å²) >= 11 is 0. The minimum Gasteiger partial charge on any atom is -0.312 e. The molecule has 1 unspecified atom stereocenters. The molecule has 1 aliphatic carbocycles. The first-order chi connectivity index (χ1) is 8.74. The predicted octanol–water partition coefficient (Wildman–Crippen LogP) is 2.99. The van der Waals surface area contributed by atoms with Crippen molar-refractivity contribution in [1.29, 1.82) is 0 Å². The summed E-state index contributed by atoms with van der Waals surface area (Å²) < 4.78 is 0. The Kier molecular flexibility index (Phi) is 4.79. The minimum atomic E-state index is 0.446. The Morgan fingerprint density at radius 1 is 1.28 bits per heavy atom. The topological polar surface area (TPSA) is 15.3 Å². The van der Waals surface area contributed by atoms with E-state index in [0.717, 1.165) is 19.0 Å². The number of hydrogen-bond donors (Lipinski definition) is 1. The number of aryl methyl sites for hydroxylation is 1. The molecule has 1 saturated carbocycles. The second-order valence-corrected chi connectivity index (χ2v) is 5.46. The summed E-state index contributed by atoms with van der Waals surface area (Å²) in [6, 6.07) is 10.3. The van der Waals surface area contributed by atoms with Gasteiger partial charge in [0, 0.05) is 18.6 Å². The smallest absolute Gasteiger partial charge is 0.0446 e. The van der Waals surface area contributed by atoms with Crippen LogP contribution in [0.15, 0.2) is 24.3 Å². The van der Waals surface area contributed by atoms with Gasteiger partial charge in [0.1, 0.15) is 0 Å². The molecule has 0 amide bonds. The van der Waals surface area contributed by atoms with Crippen LogP contribution < -0.4 is 5.32 Å². The van der Waals surface area contributed by atoms with Gasteiger partial charge < -0.3 is 10.2 Å². The summed E-state index contributed by atoms with van der Waals surface area (Å²) in [6.07, 6.45) is 5.28. The third-order valence-corrected chi connectivity index (χ3v) is 4.31. The molecule has 1 aliphatic rings. The summed E-state index contributed by atoms with van der Waals surface area (Å²) in [7, 11) is 4.32. The van der Waals surface area contributed by atoms with E-state index in [0.29, 0.717) is 6.04 Å². The lowest BCUT2D eigenvalue weighted by Crippen LogP contribution is -2.41. The van der Waals surface area contributed by atoms with E-state index in [2.05, 4.69) is 55.5 Å². The molecule has 1 aromatic carbocycles. The zero-order valence-electron chi connectivity index (χ0n) is 11.9. The number of nitrogens with one attached hydrogen (secondary N) is 1. The number of likely N-dealkylation sites (N-methyl/N-ethyl adjacent to an activating group) is 2. The normalized spacial score (nSPS) is 17.8. The Labute approximate surface area is 111 Å². The maximum absolute atomic E-state index is 3.45. The monoisotopic (exact) mass is 246 g/mol. The van der Waals surface area contributed by atoms with Gasteiger partial charge in [-0.15, -0.1) is 0 Å². The highest BCUT2D eigenvalue weighted by molar-refractivity contribution is 5.25. The van der Waals surface area contributed by atoms with Crippen molar-refractivity contribution in [2.45, 2.75) is 44.7 Å². The Morgan fingerprint density at radius 3 is 2.39 bits per heavy atom. The van der Waals surface area contributed by atoms with Crippen LogP contribution in [0.25, 0.3) is 0 Å². The number of hydrogen-bond acceptors (Lipinski definition) is 2. The van der Waals surface area contributed by atoms with Gasteiger partial charge >= 0.3 is 0 Å². The highest BCUT2D eigenvalue weighted by atomic mass is 15.2. The standard InChI is InChI=1S/C16H26N2/c1-4-13-8-10-14(11-9-13)16(17-2)12-18(3)15-6-5-7-15/h8-11,15-17H,4-7,12H2,1-3H3. The molecule has 0 aromatic heterocycles. The third-order valence-electron chi connectivity index (χ3n) is 4.31. The highest BCUT2D eigenvalue weighted by Crippen LogP contribution is 2.25. The van der Waals surface area contributed by atoms with Crippen LogP contribution in [0.3, 0.4) is 0 Å². The lowest BCUT2D eigenvalue weighted by atomic mass is 9.91. The van der Waals surface area contributed by atoms with E-state index < -0.39 is 0 Å². The predicted molar refractivity (Wildman–Crippen MR) is 77.9 cm³/mol. The number of rotatable bonds is 6. The van der Waals surface area contributed by atoms with Crippen molar-refractivity contribution in [2.75, 3.05) is 20.6 Å². The zero-order chi connectivity index (χ0) is 13.0. The van der Waals surface area contributed by atoms with Crippen molar-refractivity contribution in [2.24, 2.45) is 0 Å². The van der Waals surface area contributed by atoms with E-state index in [9.17, 15) is 0 Å². The lowest BCUT2D eigenvalue weighted by Gasteiger charge is -2.36. The largest absolute Gasteiger partial charge is 0.312 e. The first kappa shape index (κ1) is 13.6. The quantitative estimate of drug-likeness (QED) is 0.830. The molecule has 1 N–H and O–H groups in total. The fourth-order valence-corrected chi connectivity index (χ4v) is 2.61. The maximum Gasteiger partial charge on any atom is 0.0446 e. The summed E-state index contributed by atoms with van der Waals surface area (Å²) in [5.41, 5.74) is 2.82. The van der Waals surface area contributed by atoms with E-state index in [-0.39, 0.29) is 0 Å². The van der Waals surface area contributed by atoms with Crippen molar-refractivity contribution >= 4 is 0 Å². The molecular weight excluding hydrogens is 220 g/mol. The second kappa shape index (κ2) is 6.35. The average Bonchev–Trinajstić information content (AvgIpc) is 2.34. The minimum absolute atomic E-state index is 0.446. The first-order valence-corrected chi connectivity index (χ1v) is 7.21. The van der Waals surface area contributed by atoms with Gasteiger partial charge in [-0.05, 0) is 44.5 Å². The molecule has 0 bridgehead atoms. The molecule has 18 heavy (non-hydrogen) atoms. The van der Waals surface area contributed by atoms with Crippen LogP contribution >= 0.6 is 0 Å². The summed E-state index contributed by atoms with van der Waals surface area (Å²) in [6.45, 7) is 3.31. The summed E-state index contributed by atoms with van der Waals surface area (Å²) in [5.74, 6) is 0. The van der Waals surface area contributed by atoms with Crippen molar-refractivity contribution in [1.82, 2.24) is 10.2 Å². The van der Waals surface area contributed by atoms with Gasteiger partial charge in [-0.3, -0.25) is 0 Å². The average molecular weight is 246 g/mol. The molecule has 0 spiro atoms. The molecule has 1 aromatic rings. The van der Waals surface area contributed by atoms with Gasteiger partial charge in [0.15, 0.2) is 0 Å². The molecule has 2 rings (SSSR count). The molecular formula is C16H26N2. The molecule has 1 atom stereocenters. The van der Waals surface area contributed by atoms with Gasteiger partial charge in [-0.25, -0.2) is 0 Å². The van der Waals surface area contributed by atoms with Gasteiger partial charge in [0.25, 0.3) is 0 Å². The van der Waals surface area contributed by atoms with Gasteiger partial charge in [0.05, 0.1) is 0 Å². The molecule has 2 nitrogen and oxygen atoms in total. The van der Waals surface area contributed by atoms with Crippen LogP contribution in [-0.4, -0.2) is 31.6 Å². The maximum atomic E-state index is 3.45. The number of benzene rings is 1. The summed E-state index contributed by atoms with van der Waals surface area (Å²) in [5, 5.41) is 3.45. The van der Waals surface area contributed by atoms with E-state index in [1.807, 2.05) is 0 Å². The van der Waals surface area contributed by atoms with Gasteiger partial charge in [0.2, 0.25) is 0 Å². The van der Waals surface area contributed by atoms with Crippen molar-refractivity contribution in [3.05, 3.63) is 35.4 Å². The molecule has 100 valence electrons. The van der Waals surface area contributed by atoms with E-state index in [1.165, 1.54) is 30.4 Å². The van der Waals surface area contributed by atoms with Crippen LogP contribution in [-0.2, 0) is 6.42 Å². The van der Waals surface area contributed by atoms with Crippen LogP contribution in [0.1, 0.15) is 43.4 Å². The molecule has 0 saturated heterocycles. The fourth-order valence-electron chi connectivity index (χ4n) is 2.61. The molecule has 1 fully saturated rings. The van der Waals surface area contributed by atoms with Crippen molar-refractivity contribution in [3.8, 4) is 0 Å². The van der Waals surface area contributed by atoms with Crippen LogP contribution in [0.5, 0.6) is 0 Å². The third kappa shape index (κ3) is 3.12. The van der Waals surface area contributed by atoms with Crippen molar-refractivity contribution < 1.29 is 0 Å². The van der Waals surface area contributed by atoms with E-state index in [1.54, 1.807) is 0 Å². The van der Waals surface area contributed by atoms with Gasteiger partial charge in [-0.1, -0.05) is 37.6 Å². The lowest BCUT2D eigenvalue weighted by molar-refractivity contribution is 0.147. The Morgan fingerprint density at radius 2 is 1.94 bits per heavy atom. The Balaban J connectivity index is 1.97. The first-order valence-electron chi connectivity index (χ1n) is 7.21. The van der Waals surface area contributed by atoms with E-state index >= 15 is 0 Å². The molecule has 2 heteroatoms. The summed E-state index contributed by atoms with van der Waals surface area (Å²) in [4.78, 5) is 2.51. The van der Waals surface area contributed by atoms with Crippen molar-refractivity contribution in [3.63, 3.8) is 0 Å². The van der Waals surface area contributed by atoms with Crippen LogP contribution in [0.4, 0.5) is 0 Å². The number of nitrogens with zero attached hydrogens (tertiary/aromatic N) is 1. The second-order valence-electron chi connectivity index (χ2n) is 5.46. The Bertz CT molecular complexity index is 354. The Hall–Kier alpha value is -0.860. The molecule has 0 radical (unpaired) electrons. The van der Waals surface area contributed by atoms with Gasteiger partial charge in [-0.2, -0.15) is 0 Å². The molecule has 0 heterocycles. The highest BCUT2D eigenvalue weighted by Gasteiger charge is 2.24. The molecule has 0 aliphatic heterocycles. The zero-order valence-corrected chi connectivity index (χ0v) is 11.9. The van der Waals surface area contributed by atoms with Crippen LogP contribution in [0.2, 0.25) is 0 Å². The fraction of sp³-hybridized carbons (Fsp3) is 0.625. The van der Waals surface area contributed by atoms with Crippen LogP contribution in [0, 0.1) is 0 Å².